The number of benzene rings is 1. The number of rotatable bonds is 3. The maximum atomic E-state index is 13.4. The van der Waals surface area contributed by atoms with Crippen molar-refractivity contribution in [3.05, 3.63) is 48.3 Å². The fourth-order valence-electron chi connectivity index (χ4n) is 1.50. The van der Waals surface area contributed by atoms with Crippen LogP contribution in [0.1, 0.15) is 5.56 Å². The zero-order valence-corrected chi connectivity index (χ0v) is 8.80. The molecule has 1 aromatic carbocycles. The molecule has 0 radical (unpaired) electrons. The van der Waals surface area contributed by atoms with Crippen molar-refractivity contribution in [2.45, 2.75) is 6.42 Å². The van der Waals surface area contributed by atoms with Crippen molar-refractivity contribution in [3.8, 4) is 11.1 Å². The molecule has 0 bridgehead atoms. The average Bonchev–Trinajstić information content (AvgIpc) is 2.32. The van der Waals surface area contributed by atoms with Crippen LogP contribution in [0.5, 0.6) is 0 Å². The van der Waals surface area contributed by atoms with Gasteiger partial charge >= 0.3 is 5.97 Å². The lowest BCUT2D eigenvalue weighted by molar-refractivity contribution is -0.136. The van der Waals surface area contributed by atoms with Crippen LogP contribution in [0.2, 0.25) is 0 Å². The van der Waals surface area contributed by atoms with E-state index in [-0.39, 0.29) is 12.0 Å². The summed E-state index contributed by atoms with van der Waals surface area (Å²) in [5.74, 6) is -1.58. The van der Waals surface area contributed by atoms with E-state index in [2.05, 4.69) is 9.97 Å². The molecule has 1 N–H and O–H groups in total. The van der Waals surface area contributed by atoms with Gasteiger partial charge in [-0.3, -0.25) is 4.79 Å². The van der Waals surface area contributed by atoms with Crippen LogP contribution in [-0.4, -0.2) is 21.0 Å². The second-order valence-electron chi connectivity index (χ2n) is 3.50. The molecule has 0 amide bonds. The third kappa shape index (κ3) is 2.63. The molecule has 0 saturated carbocycles. The molecule has 0 aliphatic heterocycles. The molecule has 0 aliphatic carbocycles. The minimum absolute atomic E-state index is 0.152. The molecular formula is C12H9FN2O2. The highest BCUT2D eigenvalue weighted by atomic mass is 19.1. The van der Waals surface area contributed by atoms with E-state index in [4.69, 9.17) is 5.11 Å². The van der Waals surface area contributed by atoms with Gasteiger partial charge in [-0.25, -0.2) is 14.4 Å². The quantitative estimate of drug-likeness (QED) is 0.877. The summed E-state index contributed by atoms with van der Waals surface area (Å²) in [5.41, 5.74) is 1.57. The second kappa shape index (κ2) is 4.69. The summed E-state index contributed by atoms with van der Waals surface area (Å²) in [5, 5.41) is 8.66. The van der Waals surface area contributed by atoms with E-state index < -0.39 is 11.8 Å². The zero-order valence-electron chi connectivity index (χ0n) is 8.80. The average molecular weight is 232 g/mol. The van der Waals surface area contributed by atoms with Gasteiger partial charge in [-0.15, -0.1) is 0 Å². The Morgan fingerprint density at radius 2 is 1.94 bits per heavy atom. The summed E-state index contributed by atoms with van der Waals surface area (Å²) in [6.07, 6.45) is 4.23. The predicted octanol–water partition coefficient (Wildman–Crippen LogP) is 1.91. The van der Waals surface area contributed by atoms with Crippen LogP contribution < -0.4 is 0 Å². The lowest BCUT2D eigenvalue weighted by Gasteiger charge is -2.04. The van der Waals surface area contributed by atoms with Crippen molar-refractivity contribution < 1.29 is 14.3 Å². The molecule has 0 aliphatic rings. The standard InChI is InChI=1S/C12H9FN2O2/c13-11-2-1-8(3-9(11)4-12(16)17)10-5-14-7-15-6-10/h1-3,5-7H,4H2,(H,16,17). The van der Waals surface area contributed by atoms with Crippen LogP contribution >= 0.6 is 0 Å². The summed E-state index contributed by atoms with van der Waals surface area (Å²) in [7, 11) is 0. The summed E-state index contributed by atoms with van der Waals surface area (Å²) < 4.78 is 13.4. The molecule has 1 aromatic heterocycles. The third-order valence-corrected chi connectivity index (χ3v) is 2.28. The molecule has 0 saturated heterocycles. The van der Waals surface area contributed by atoms with E-state index in [1.54, 1.807) is 18.5 Å². The summed E-state index contributed by atoms with van der Waals surface area (Å²) in [6.45, 7) is 0. The first-order valence-electron chi connectivity index (χ1n) is 4.92. The van der Waals surface area contributed by atoms with Gasteiger partial charge in [0.2, 0.25) is 0 Å². The SMILES string of the molecule is O=C(O)Cc1cc(-c2cncnc2)ccc1F. The molecule has 0 fully saturated rings. The molecule has 4 nitrogen and oxygen atoms in total. The van der Waals surface area contributed by atoms with Crippen molar-refractivity contribution in [2.24, 2.45) is 0 Å². The first-order valence-corrected chi connectivity index (χ1v) is 4.92. The molecule has 2 rings (SSSR count). The predicted molar refractivity (Wildman–Crippen MR) is 58.8 cm³/mol. The Labute approximate surface area is 96.8 Å². The van der Waals surface area contributed by atoms with Gasteiger partial charge in [0.25, 0.3) is 0 Å². The maximum absolute atomic E-state index is 13.4. The Bertz CT molecular complexity index is 543. The first-order chi connectivity index (χ1) is 8.16. The highest BCUT2D eigenvalue weighted by Crippen LogP contribution is 2.20. The van der Waals surface area contributed by atoms with Gasteiger partial charge < -0.3 is 5.11 Å². The van der Waals surface area contributed by atoms with E-state index in [0.29, 0.717) is 5.56 Å². The number of halogens is 1. The number of carboxylic acids is 1. The largest absolute Gasteiger partial charge is 0.481 e. The van der Waals surface area contributed by atoms with Crippen molar-refractivity contribution in [1.82, 2.24) is 9.97 Å². The van der Waals surface area contributed by atoms with Gasteiger partial charge in [-0.05, 0) is 23.3 Å². The molecule has 86 valence electrons. The van der Waals surface area contributed by atoms with Crippen LogP contribution in [0.15, 0.2) is 36.9 Å². The van der Waals surface area contributed by atoms with Gasteiger partial charge in [-0.1, -0.05) is 6.07 Å². The van der Waals surface area contributed by atoms with Crippen molar-refractivity contribution in [3.63, 3.8) is 0 Å². The number of carbonyl (C=O) groups is 1. The van der Waals surface area contributed by atoms with E-state index in [0.717, 1.165) is 5.56 Å². The van der Waals surface area contributed by atoms with Gasteiger partial charge in [0.05, 0.1) is 6.42 Å². The van der Waals surface area contributed by atoms with E-state index >= 15 is 0 Å². The normalized spacial score (nSPS) is 10.2. The van der Waals surface area contributed by atoms with Gasteiger partial charge in [0.15, 0.2) is 0 Å². The Morgan fingerprint density at radius 1 is 1.24 bits per heavy atom. The van der Waals surface area contributed by atoms with Gasteiger partial charge in [-0.2, -0.15) is 0 Å². The topological polar surface area (TPSA) is 63.1 Å². The Kier molecular flexibility index (Phi) is 3.09. The van der Waals surface area contributed by atoms with E-state index in [9.17, 15) is 9.18 Å². The van der Waals surface area contributed by atoms with Crippen LogP contribution in [0.3, 0.4) is 0 Å². The minimum atomic E-state index is -1.06. The number of hydrogen-bond donors (Lipinski definition) is 1. The highest BCUT2D eigenvalue weighted by Gasteiger charge is 2.08. The highest BCUT2D eigenvalue weighted by molar-refractivity contribution is 5.72. The summed E-state index contributed by atoms with van der Waals surface area (Å²) in [6, 6.07) is 4.32. The monoisotopic (exact) mass is 232 g/mol. The molecule has 2 aromatic rings. The van der Waals surface area contributed by atoms with Crippen LogP contribution in [0, 0.1) is 5.82 Å². The fourth-order valence-corrected chi connectivity index (χ4v) is 1.50. The minimum Gasteiger partial charge on any atom is -0.481 e. The smallest absolute Gasteiger partial charge is 0.307 e. The molecule has 0 unspecified atom stereocenters. The molecule has 5 heteroatoms. The van der Waals surface area contributed by atoms with Crippen molar-refractivity contribution in [2.75, 3.05) is 0 Å². The number of aromatic nitrogens is 2. The first kappa shape index (κ1) is 11.2. The Hall–Kier alpha value is -2.30. The fraction of sp³-hybridized carbons (Fsp3) is 0.0833. The molecule has 0 spiro atoms. The summed E-state index contributed by atoms with van der Waals surface area (Å²) in [4.78, 5) is 18.3. The second-order valence-corrected chi connectivity index (χ2v) is 3.50. The van der Waals surface area contributed by atoms with Crippen LogP contribution in [-0.2, 0) is 11.2 Å². The molecule has 1 heterocycles. The van der Waals surface area contributed by atoms with Crippen molar-refractivity contribution in [1.29, 1.82) is 0 Å². The number of carboxylic acid groups (broad SMARTS) is 1. The van der Waals surface area contributed by atoms with E-state index in [1.165, 1.54) is 18.5 Å². The third-order valence-electron chi connectivity index (χ3n) is 2.28. The number of hydrogen-bond acceptors (Lipinski definition) is 3. The molecular weight excluding hydrogens is 223 g/mol. The lowest BCUT2D eigenvalue weighted by atomic mass is 10.0. The Morgan fingerprint density at radius 3 is 2.59 bits per heavy atom. The van der Waals surface area contributed by atoms with Crippen LogP contribution in [0.25, 0.3) is 11.1 Å². The zero-order chi connectivity index (χ0) is 12.3. The van der Waals surface area contributed by atoms with Gasteiger partial charge in [0, 0.05) is 18.0 Å². The number of aliphatic carboxylic acids is 1. The summed E-state index contributed by atoms with van der Waals surface area (Å²) >= 11 is 0. The van der Waals surface area contributed by atoms with E-state index in [1.807, 2.05) is 0 Å². The lowest BCUT2D eigenvalue weighted by Crippen LogP contribution is -2.02. The van der Waals surface area contributed by atoms with Gasteiger partial charge in [0.1, 0.15) is 12.1 Å². The Balaban J connectivity index is 2.41. The van der Waals surface area contributed by atoms with Crippen LogP contribution in [0.4, 0.5) is 4.39 Å². The van der Waals surface area contributed by atoms with Crippen molar-refractivity contribution >= 4 is 5.97 Å². The number of nitrogens with zero attached hydrogens (tertiary/aromatic N) is 2. The molecule has 0 atom stereocenters. The maximum Gasteiger partial charge on any atom is 0.307 e. The molecule has 17 heavy (non-hydrogen) atoms.